The highest BCUT2D eigenvalue weighted by Crippen LogP contribution is 2.39. The van der Waals surface area contributed by atoms with Crippen LogP contribution in [0.15, 0.2) is 24.3 Å². The quantitative estimate of drug-likeness (QED) is 0.725. The van der Waals surface area contributed by atoms with Crippen molar-refractivity contribution in [3.05, 3.63) is 41.0 Å². The van der Waals surface area contributed by atoms with Gasteiger partial charge in [-0.3, -0.25) is 4.79 Å². The molecule has 1 aromatic heterocycles. The lowest BCUT2D eigenvalue weighted by molar-refractivity contribution is -0.116. The number of carbonyl (C=O) groups is 1. The second-order valence-corrected chi connectivity index (χ2v) is 4.95. The fourth-order valence-corrected chi connectivity index (χ4v) is 2.59. The van der Waals surface area contributed by atoms with E-state index in [4.69, 9.17) is 11.5 Å². The number of nitrogens with two attached hydrogens (primary N) is 2. The first kappa shape index (κ1) is 12.4. The topological polar surface area (TPSA) is 107 Å². The standard InChI is InChI=1S/C14H15N5O/c1-7-3-2-4-8(5-7)9-6-10(20)17-13-11(9)12(15)18-14(16)19-13/h2-5,9H,6H2,1H3,(H5,15,16,17,18,19,20)/t9-/m1/s1. The molecule has 1 aliphatic heterocycles. The largest absolute Gasteiger partial charge is 0.383 e. The predicted octanol–water partition coefficient (Wildman–Crippen LogP) is 1.42. The third-order valence-electron chi connectivity index (χ3n) is 3.43. The van der Waals surface area contributed by atoms with Crippen LogP contribution in [0.5, 0.6) is 0 Å². The average Bonchev–Trinajstić information content (AvgIpc) is 2.36. The van der Waals surface area contributed by atoms with Gasteiger partial charge in [-0.25, -0.2) is 0 Å². The Labute approximate surface area is 116 Å². The average molecular weight is 269 g/mol. The van der Waals surface area contributed by atoms with Crippen molar-refractivity contribution in [2.24, 2.45) is 0 Å². The Morgan fingerprint density at radius 1 is 1.30 bits per heavy atom. The van der Waals surface area contributed by atoms with Gasteiger partial charge in [-0.1, -0.05) is 29.8 Å². The minimum absolute atomic E-state index is 0.0615. The molecule has 0 spiro atoms. The number of amides is 1. The highest BCUT2D eigenvalue weighted by Gasteiger charge is 2.30. The first-order valence-electron chi connectivity index (χ1n) is 6.34. The third-order valence-corrected chi connectivity index (χ3v) is 3.43. The molecule has 1 aliphatic rings. The van der Waals surface area contributed by atoms with Gasteiger partial charge < -0.3 is 16.8 Å². The summed E-state index contributed by atoms with van der Waals surface area (Å²) in [5.74, 6) is 0.559. The number of nitrogens with zero attached hydrogens (tertiary/aromatic N) is 2. The van der Waals surface area contributed by atoms with Crippen LogP contribution in [0.2, 0.25) is 0 Å². The molecule has 3 rings (SSSR count). The van der Waals surface area contributed by atoms with Crippen LogP contribution < -0.4 is 16.8 Å². The van der Waals surface area contributed by atoms with Crippen LogP contribution in [-0.4, -0.2) is 15.9 Å². The Morgan fingerprint density at radius 2 is 2.10 bits per heavy atom. The van der Waals surface area contributed by atoms with Crippen molar-refractivity contribution in [3.63, 3.8) is 0 Å². The summed E-state index contributed by atoms with van der Waals surface area (Å²) < 4.78 is 0. The van der Waals surface area contributed by atoms with E-state index in [0.717, 1.165) is 16.7 Å². The lowest BCUT2D eigenvalue weighted by Crippen LogP contribution is -2.26. The molecule has 102 valence electrons. The van der Waals surface area contributed by atoms with Crippen LogP contribution in [-0.2, 0) is 4.79 Å². The van der Waals surface area contributed by atoms with E-state index in [1.54, 1.807) is 0 Å². The second kappa shape index (κ2) is 4.48. The zero-order valence-electron chi connectivity index (χ0n) is 11.1. The van der Waals surface area contributed by atoms with Crippen LogP contribution >= 0.6 is 0 Å². The van der Waals surface area contributed by atoms with Crippen LogP contribution in [0, 0.1) is 6.92 Å². The number of nitrogens with one attached hydrogen (secondary N) is 1. The molecule has 5 N–H and O–H groups in total. The molecule has 20 heavy (non-hydrogen) atoms. The maximum absolute atomic E-state index is 11.9. The number of aromatic nitrogens is 2. The first-order chi connectivity index (χ1) is 9.54. The summed E-state index contributed by atoms with van der Waals surface area (Å²) in [6, 6.07) is 8.00. The van der Waals surface area contributed by atoms with E-state index in [1.165, 1.54) is 0 Å². The van der Waals surface area contributed by atoms with Crippen molar-refractivity contribution in [1.29, 1.82) is 0 Å². The Balaban J connectivity index is 2.17. The predicted molar refractivity (Wildman–Crippen MR) is 77.1 cm³/mol. The summed E-state index contributed by atoms with van der Waals surface area (Å²) in [5, 5.41) is 2.71. The van der Waals surface area contributed by atoms with Crippen molar-refractivity contribution < 1.29 is 4.79 Å². The zero-order chi connectivity index (χ0) is 14.3. The van der Waals surface area contributed by atoms with E-state index in [1.807, 2.05) is 31.2 Å². The molecule has 6 nitrogen and oxygen atoms in total. The maximum Gasteiger partial charge on any atom is 0.226 e. The van der Waals surface area contributed by atoms with Gasteiger partial charge in [0.15, 0.2) is 0 Å². The molecule has 2 heterocycles. The van der Waals surface area contributed by atoms with Crippen molar-refractivity contribution in [1.82, 2.24) is 9.97 Å². The molecular weight excluding hydrogens is 254 g/mol. The fourth-order valence-electron chi connectivity index (χ4n) is 2.59. The summed E-state index contributed by atoms with van der Waals surface area (Å²) in [4.78, 5) is 19.9. The molecule has 1 atom stereocenters. The first-order valence-corrected chi connectivity index (χ1v) is 6.34. The third kappa shape index (κ3) is 2.05. The summed E-state index contributed by atoms with van der Waals surface area (Å²) in [6.07, 6.45) is 0.327. The van der Waals surface area contributed by atoms with E-state index in [0.29, 0.717) is 18.1 Å². The van der Waals surface area contributed by atoms with Crippen LogP contribution in [0.3, 0.4) is 0 Å². The molecule has 0 bridgehead atoms. The van der Waals surface area contributed by atoms with Crippen LogP contribution in [0.4, 0.5) is 17.6 Å². The normalized spacial score (nSPS) is 17.4. The summed E-state index contributed by atoms with van der Waals surface area (Å²) in [6.45, 7) is 2.01. The number of hydrogen-bond donors (Lipinski definition) is 3. The molecule has 1 amide bonds. The van der Waals surface area contributed by atoms with E-state index in [2.05, 4.69) is 15.3 Å². The van der Waals surface area contributed by atoms with E-state index < -0.39 is 0 Å². The molecule has 1 aromatic carbocycles. The summed E-state index contributed by atoms with van der Waals surface area (Å²) in [7, 11) is 0. The van der Waals surface area contributed by atoms with Gasteiger partial charge in [0.25, 0.3) is 0 Å². The molecule has 0 saturated carbocycles. The molecular formula is C14H15N5O. The lowest BCUT2D eigenvalue weighted by atomic mass is 9.86. The Morgan fingerprint density at radius 3 is 2.85 bits per heavy atom. The Kier molecular flexibility index (Phi) is 2.78. The highest BCUT2D eigenvalue weighted by atomic mass is 16.1. The molecule has 0 radical (unpaired) electrons. The monoisotopic (exact) mass is 269 g/mol. The molecule has 0 fully saturated rings. The number of benzene rings is 1. The van der Waals surface area contributed by atoms with E-state index in [9.17, 15) is 4.79 Å². The van der Waals surface area contributed by atoms with Gasteiger partial charge >= 0.3 is 0 Å². The smallest absolute Gasteiger partial charge is 0.226 e. The number of aryl methyl sites for hydroxylation is 1. The van der Waals surface area contributed by atoms with Gasteiger partial charge in [0.1, 0.15) is 11.6 Å². The Hall–Kier alpha value is -2.63. The number of hydrogen-bond acceptors (Lipinski definition) is 5. The van der Waals surface area contributed by atoms with Gasteiger partial charge in [-0.05, 0) is 12.5 Å². The van der Waals surface area contributed by atoms with Crippen molar-refractivity contribution in [3.8, 4) is 0 Å². The number of fused-ring (bicyclic) bond motifs is 1. The molecule has 6 heteroatoms. The van der Waals surface area contributed by atoms with Gasteiger partial charge in [0, 0.05) is 17.9 Å². The minimum Gasteiger partial charge on any atom is -0.383 e. The number of nitrogen functional groups attached to an aromatic ring is 2. The molecule has 0 aliphatic carbocycles. The van der Waals surface area contributed by atoms with Crippen molar-refractivity contribution in [2.45, 2.75) is 19.3 Å². The minimum atomic E-state index is -0.140. The zero-order valence-corrected chi connectivity index (χ0v) is 11.1. The maximum atomic E-state index is 11.9. The fraction of sp³-hybridized carbons (Fsp3) is 0.214. The number of carbonyl (C=O) groups excluding carboxylic acids is 1. The number of rotatable bonds is 1. The van der Waals surface area contributed by atoms with Gasteiger partial charge in [-0.2, -0.15) is 9.97 Å². The van der Waals surface area contributed by atoms with Crippen LogP contribution in [0.1, 0.15) is 29.0 Å². The van der Waals surface area contributed by atoms with E-state index >= 15 is 0 Å². The van der Waals surface area contributed by atoms with Crippen molar-refractivity contribution >= 4 is 23.5 Å². The highest BCUT2D eigenvalue weighted by molar-refractivity contribution is 5.95. The summed E-state index contributed by atoms with van der Waals surface area (Å²) in [5.41, 5.74) is 14.5. The SMILES string of the molecule is Cc1cccc([C@H]2CC(=O)Nc3nc(N)nc(N)c32)c1. The van der Waals surface area contributed by atoms with Gasteiger partial charge in [0.2, 0.25) is 11.9 Å². The molecule has 2 aromatic rings. The number of anilines is 3. The molecule has 0 unspecified atom stereocenters. The van der Waals surface area contributed by atoms with Crippen LogP contribution in [0.25, 0.3) is 0 Å². The van der Waals surface area contributed by atoms with E-state index in [-0.39, 0.29) is 17.8 Å². The van der Waals surface area contributed by atoms with Gasteiger partial charge in [0.05, 0.1) is 0 Å². The molecule has 0 saturated heterocycles. The Bertz CT molecular complexity index is 698. The second-order valence-electron chi connectivity index (χ2n) is 4.95. The van der Waals surface area contributed by atoms with Crippen molar-refractivity contribution in [2.75, 3.05) is 16.8 Å². The lowest BCUT2D eigenvalue weighted by Gasteiger charge is -2.26. The van der Waals surface area contributed by atoms with Gasteiger partial charge in [-0.15, -0.1) is 0 Å². The summed E-state index contributed by atoms with van der Waals surface area (Å²) >= 11 is 0.